The first-order valence-electron chi connectivity index (χ1n) is 7.25. The van der Waals surface area contributed by atoms with Crippen molar-refractivity contribution >= 4 is 11.6 Å². The molecule has 5 heteroatoms. The number of rotatable bonds is 9. The van der Waals surface area contributed by atoms with Crippen LogP contribution in [0.25, 0.3) is 0 Å². The Labute approximate surface area is 121 Å². The molecule has 0 aromatic carbocycles. The van der Waals surface area contributed by atoms with Gasteiger partial charge in [-0.15, -0.1) is 0 Å². The maximum absolute atomic E-state index is 11.8. The molecule has 0 amide bonds. The van der Waals surface area contributed by atoms with Gasteiger partial charge in [-0.1, -0.05) is 34.6 Å². The molecule has 20 heavy (non-hydrogen) atoms. The van der Waals surface area contributed by atoms with E-state index in [1.165, 1.54) is 0 Å². The second-order valence-corrected chi connectivity index (χ2v) is 6.38. The standard InChI is InChI=1S/C15H29NO4/c1-9(2)7-14(18)12(6)16-15(19,20)11(5)8-13(17)10(3)4/h9-12,16,19-20H,7-8H2,1-6H3/t11-,12+/m1/s1. The first-order valence-corrected chi connectivity index (χ1v) is 7.25. The van der Waals surface area contributed by atoms with Crippen molar-refractivity contribution in [3.8, 4) is 0 Å². The van der Waals surface area contributed by atoms with Gasteiger partial charge in [-0.3, -0.25) is 14.9 Å². The zero-order chi connectivity index (χ0) is 16.1. The van der Waals surface area contributed by atoms with Crippen LogP contribution in [-0.2, 0) is 9.59 Å². The largest absolute Gasteiger partial charge is 0.353 e. The van der Waals surface area contributed by atoms with Crippen LogP contribution >= 0.6 is 0 Å². The number of carbonyl (C=O) groups is 2. The maximum atomic E-state index is 11.8. The van der Waals surface area contributed by atoms with E-state index in [0.29, 0.717) is 6.42 Å². The molecular weight excluding hydrogens is 258 g/mol. The Kier molecular flexibility index (Phi) is 7.55. The minimum absolute atomic E-state index is 0.0343. The number of carbonyl (C=O) groups excluding carboxylic acids is 2. The number of nitrogens with one attached hydrogen (secondary N) is 1. The van der Waals surface area contributed by atoms with Crippen molar-refractivity contribution in [2.24, 2.45) is 17.8 Å². The number of hydrogen-bond donors (Lipinski definition) is 3. The highest BCUT2D eigenvalue weighted by Crippen LogP contribution is 2.19. The molecule has 0 heterocycles. The Morgan fingerprint density at radius 2 is 1.45 bits per heavy atom. The van der Waals surface area contributed by atoms with Crippen molar-refractivity contribution in [1.29, 1.82) is 0 Å². The maximum Gasteiger partial charge on any atom is 0.226 e. The van der Waals surface area contributed by atoms with Gasteiger partial charge in [0, 0.05) is 24.7 Å². The minimum Gasteiger partial charge on any atom is -0.353 e. The average molecular weight is 287 g/mol. The highest BCUT2D eigenvalue weighted by molar-refractivity contribution is 5.83. The molecule has 0 radical (unpaired) electrons. The van der Waals surface area contributed by atoms with Crippen LogP contribution in [0.2, 0.25) is 0 Å². The van der Waals surface area contributed by atoms with E-state index in [-0.39, 0.29) is 29.8 Å². The van der Waals surface area contributed by atoms with Crippen LogP contribution in [0, 0.1) is 17.8 Å². The summed E-state index contributed by atoms with van der Waals surface area (Å²) in [5.74, 6) is -2.95. The molecule has 0 saturated heterocycles. The Morgan fingerprint density at radius 1 is 0.950 bits per heavy atom. The lowest BCUT2D eigenvalue weighted by Gasteiger charge is -2.32. The van der Waals surface area contributed by atoms with Gasteiger partial charge in [0.2, 0.25) is 5.91 Å². The molecule has 2 atom stereocenters. The third kappa shape index (κ3) is 6.59. The molecule has 118 valence electrons. The zero-order valence-electron chi connectivity index (χ0n) is 13.4. The normalized spacial score (nSPS) is 15.5. The summed E-state index contributed by atoms with van der Waals surface area (Å²) in [4.78, 5) is 23.5. The SMILES string of the molecule is CC(C)CC(=O)[C@H](C)NC(O)(O)[C@H](C)CC(=O)C(C)C. The number of ketones is 2. The first-order chi connectivity index (χ1) is 8.97. The zero-order valence-corrected chi connectivity index (χ0v) is 13.4. The van der Waals surface area contributed by atoms with E-state index < -0.39 is 17.9 Å². The molecule has 0 fully saturated rings. The molecule has 0 aromatic rings. The van der Waals surface area contributed by atoms with E-state index in [1.807, 2.05) is 13.8 Å². The molecule has 5 nitrogen and oxygen atoms in total. The van der Waals surface area contributed by atoms with E-state index in [0.717, 1.165) is 0 Å². The van der Waals surface area contributed by atoms with Crippen LogP contribution in [0.4, 0.5) is 0 Å². The van der Waals surface area contributed by atoms with E-state index in [2.05, 4.69) is 5.32 Å². The summed E-state index contributed by atoms with van der Waals surface area (Å²) >= 11 is 0. The van der Waals surface area contributed by atoms with E-state index in [4.69, 9.17) is 0 Å². The van der Waals surface area contributed by atoms with E-state index in [1.54, 1.807) is 27.7 Å². The molecular formula is C15H29NO4. The van der Waals surface area contributed by atoms with Gasteiger partial charge in [-0.2, -0.15) is 0 Å². The fraction of sp³-hybridized carbons (Fsp3) is 0.867. The molecule has 0 bridgehead atoms. The lowest BCUT2D eigenvalue weighted by molar-refractivity contribution is -0.225. The average Bonchev–Trinajstić information content (AvgIpc) is 2.26. The van der Waals surface area contributed by atoms with Gasteiger partial charge in [0.25, 0.3) is 0 Å². The number of Topliss-reactive ketones (excluding diaryl/α,β-unsaturated/α-hetero) is 2. The summed E-state index contributed by atoms with van der Waals surface area (Å²) in [7, 11) is 0. The lowest BCUT2D eigenvalue weighted by Crippen LogP contribution is -2.56. The summed E-state index contributed by atoms with van der Waals surface area (Å²) in [5.41, 5.74) is 0. The van der Waals surface area contributed by atoms with Gasteiger partial charge >= 0.3 is 0 Å². The summed E-state index contributed by atoms with van der Waals surface area (Å²) < 4.78 is 0. The Balaban J connectivity index is 4.56. The van der Waals surface area contributed by atoms with Crippen LogP contribution < -0.4 is 5.32 Å². The Morgan fingerprint density at radius 3 is 1.85 bits per heavy atom. The minimum atomic E-state index is -2.23. The van der Waals surface area contributed by atoms with E-state index >= 15 is 0 Å². The number of hydrogen-bond acceptors (Lipinski definition) is 5. The summed E-state index contributed by atoms with van der Waals surface area (Å²) in [6.07, 6.45) is 0.437. The van der Waals surface area contributed by atoms with Crippen LogP contribution in [0.5, 0.6) is 0 Å². The molecule has 0 unspecified atom stereocenters. The monoisotopic (exact) mass is 287 g/mol. The highest BCUT2D eigenvalue weighted by atomic mass is 16.5. The molecule has 0 rings (SSSR count). The molecule has 0 spiro atoms. The molecule has 0 aliphatic carbocycles. The van der Waals surface area contributed by atoms with Crippen molar-refractivity contribution in [3.05, 3.63) is 0 Å². The van der Waals surface area contributed by atoms with Crippen molar-refractivity contribution in [1.82, 2.24) is 5.32 Å². The molecule has 0 aliphatic rings. The Bertz CT molecular complexity index is 337. The predicted molar refractivity (Wildman–Crippen MR) is 77.9 cm³/mol. The van der Waals surface area contributed by atoms with Crippen LogP contribution in [0.3, 0.4) is 0 Å². The van der Waals surface area contributed by atoms with Gasteiger partial charge in [0.1, 0.15) is 11.6 Å². The Hall–Kier alpha value is -0.780. The molecule has 0 aliphatic heterocycles. The van der Waals surface area contributed by atoms with Gasteiger partial charge in [-0.05, 0) is 12.8 Å². The van der Waals surface area contributed by atoms with Crippen LogP contribution in [-0.4, -0.2) is 33.7 Å². The summed E-state index contributed by atoms with van der Waals surface area (Å²) in [6.45, 7) is 10.6. The van der Waals surface area contributed by atoms with Crippen molar-refractivity contribution in [2.45, 2.75) is 66.3 Å². The van der Waals surface area contributed by atoms with Crippen molar-refractivity contribution in [2.75, 3.05) is 0 Å². The quantitative estimate of drug-likeness (QED) is 0.559. The predicted octanol–water partition coefficient (Wildman–Crippen LogP) is 1.47. The molecule has 0 saturated carbocycles. The van der Waals surface area contributed by atoms with Gasteiger partial charge in [0.05, 0.1) is 6.04 Å². The summed E-state index contributed by atoms with van der Waals surface area (Å²) in [5, 5.41) is 22.5. The second-order valence-electron chi connectivity index (χ2n) is 6.38. The van der Waals surface area contributed by atoms with Crippen molar-refractivity contribution < 1.29 is 19.8 Å². The summed E-state index contributed by atoms with van der Waals surface area (Å²) in [6, 6.07) is -0.663. The van der Waals surface area contributed by atoms with Crippen molar-refractivity contribution in [3.63, 3.8) is 0 Å². The smallest absolute Gasteiger partial charge is 0.226 e. The van der Waals surface area contributed by atoms with E-state index in [9.17, 15) is 19.8 Å². The molecule has 0 aromatic heterocycles. The second kappa shape index (κ2) is 7.86. The lowest BCUT2D eigenvalue weighted by atomic mass is 9.94. The highest BCUT2D eigenvalue weighted by Gasteiger charge is 2.35. The van der Waals surface area contributed by atoms with Gasteiger partial charge in [0.15, 0.2) is 0 Å². The topological polar surface area (TPSA) is 86.6 Å². The fourth-order valence-corrected chi connectivity index (χ4v) is 1.80. The van der Waals surface area contributed by atoms with Crippen LogP contribution in [0.1, 0.15) is 54.4 Å². The third-order valence-corrected chi connectivity index (χ3v) is 3.36. The van der Waals surface area contributed by atoms with Gasteiger partial charge < -0.3 is 10.2 Å². The fourth-order valence-electron chi connectivity index (χ4n) is 1.80. The number of aliphatic hydroxyl groups is 2. The van der Waals surface area contributed by atoms with Crippen LogP contribution in [0.15, 0.2) is 0 Å². The molecule has 3 N–H and O–H groups in total. The van der Waals surface area contributed by atoms with Gasteiger partial charge in [-0.25, -0.2) is 0 Å². The first kappa shape index (κ1) is 19.2. The third-order valence-electron chi connectivity index (χ3n) is 3.36.